The van der Waals surface area contributed by atoms with Crippen molar-refractivity contribution in [3.63, 3.8) is 0 Å². The summed E-state index contributed by atoms with van der Waals surface area (Å²) in [5, 5.41) is 0. The van der Waals surface area contributed by atoms with E-state index in [1.807, 2.05) is 4.90 Å². The van der Waals surface area contributed by atoms with E-state index in [0.29, 0.717) is 22.7 Å². The van der Waals surface area contributed by atoms with Crippen LogP contribution in [0, 0.1) is 0 Å². The summed E-state index contributed by atoms with van der Waals surface area (Å²) in [6.45, 7) is 1.65. The van der Waals surface area contributed by atoms with Gasteiger partial charge in [-0.15, -0.1) is 0 Å². The van der Waals surface area contributed by atoms with Gasteiger partial charge >= 0.3 is 0 Å². The number of Topliss-reactive ketones (excluding diaryl/α,β-unsaturated/α-hetero) is 1. The van der Waals surface area contributed by atoms with Crippen molar-refractivity contribution in [2.24, 2.45) is 21.5 Å². The average Bonchev–Trinajstić information content (AvgIpc) is 3.01. The monoisotopic (exact) mass is 343 g/mol. The van der Waals surface area contributed by atoms with Gasteiger partial charge in [-0.05, 0) is 38.7 Å². The van der Waals surface area contributed by atoms with E-state index in [4.69, 9.17) is 20.9 Å². The highest BCUT2D eigenvalue weighted by molar-refractivity contribution is 6.10. The van der Waals surface area contributed by atoms with Crippen LogP contribution in [-0.2, 0) is 0 Å². The number of carbonyl (C=O) groups is 1. The zero-order valence-corrected chi connectivity index (χ0v) is 14.1. The van der Waals surface area contributed by atoms with Crippen molar-refractivity contribution in [2.75, 3.05) is 11.7 Å². The number of hydrogen-bond donors (Lipinski definition) is 2. The molecule has 4 N–H and O–H groups in total. The molecule has 8 heteroatoms. The molecule has 0 unspecified atom stereocenters. The van der Waals surface area contributed by atoms with Crippen LogP contribution in [0.5, 0.6) is 11.5 Å². The predicted molar refractivity (Wildman–Crippen MR) is 94.1 cm³/mol. The summed E-state index contributed by atoms with van der Waals surface area (Å²) >= 11 is 0. The molecule has 1 spiro atoms. The van der Waals surface area contributed by atoms with Crippen LogP contribution in [0.4, 0.5) is 5.69 Å². The highest BCUT2D eigenvalue weighted by Crippen LogP contribution is 2.44. The lowest BCUT2D eigenvalue weighted by atomic mass is 9.86. The first-order chi connectivity index (χ1) is 12.0. The third-order valence-electron chi connectivity index (χ3n) is 4.96. The molecule has 0 saturated heterocycles. The van der Waals surface area contributed by atoms with E-state index in [1.165, 1.54) is 6.92 Å². The molecule has 1 aromatic carbocycles. The van der Waals surface area contributed by atoms with Gasteiger partial charge in [0.25, 0.3) is 0 Å². The molecule has 0 radical (unpaired) electrons. The topological polar surface area (TPSA) is 116 Å². The van der Waals surface area contributed by atoms with Crippen LogP contribution in [0.15, 0.2) is 22.1 Å². The predicted octanol–water partition coefficient (Wildman–Crippen LogP) is 1.73. The van der Waals surface area contributed by atoms with Crippen LogP contribution in [-0.4, -0.2) is 30.2 Å². The molecule has 4 rings (SSSR count). The van der Waals surface area contributed by atoms with Crippen LogP contribution < -0.4 is 25.8 Å². The highest BCUT2D eigenvalue weighted by Gasteiger charge is 2.44. The van der Waals surface area contributed by atoms with Gasteiger partial charge in [0.2, 0.25) is 18.7 Å². The fraction of sp³-hybridized carbons (Fsp3) is 0.471. The van der Waals surface area contributed by atoms with Gasteiger partial charge in [-0.3, -0.25) is 9.69 Å². The van der Waals surface area contributed by atoms with Crippen LogP contribution >= 0.6 is 0 Å². The largest absolute Gasteiger partial charge is 0.454 e. The van der Waals surface area contributed by atoms with Crippen molar-refractivity contribution in [1.82, 2.24) is 0 Å². The summed E-state index contributed by atoms with van der Waals surface area (Å²) in [6, 6.07) is 3.49. The number of benzene rings is 1. The molecule has 2 heterocycles. The fourth-order valence-electron chi connectivity index (χ4n) is 3.87. The van der Waals surface area contributed by atoms with Crippen molar-refractivity contribution < 1.29 is 14.3 Å². The Morgan fingerprint density at radius 3 is 2.52 bits per heavy atom. The van der Waals surface area contributed by atoms with Crippen LogP contribution in [0.2, 0.25) is 0 Å². The van der Waals surface area contributed by atoms with Gasteiger partial charge in [-0.2, -0.15) is 4.99 Å². The molecule has 0 bridgehead atoms. The van der Waals surface area contributed by atoms with Gasteiger partial charge in [0.15, 0.2) is 17.3 Å². The number of nitrogens with zero attached hydrogens (tertiary/aromatic N) is 3. The van der Waals surface area contributed by atoms with Crippen LogP contribution in [0.3, 0.4) is 0 Å². The second-order valence-electron chi connectivity index (χ2n) is 6.60. The first-order valence-electron chi connectivity index (χ1n) is 8.44. The van der Waals surface area contributed by atoms with Gasteiger partial charge in [0.1, 0.15) is 5.66 Å². The number of aliphatic imine (C=N–C) groups is 2. The van der Waals surface area contributed by atoms with Gasteiger partial charge in [-0.25, -0.2) is 4.99 Å². The van der Waals surface area contributed by atoms with Gasteiger partial charge in [-0.1, -0.05) is 6.42 Å². The first kappa shape index (κ1) is 15.7. The third kappa shape index (κ3) is 2.48. The van der Waals surface area contributed by atoms with Gasteiger partial charge in [0, 0.05) is 11.6 Å². The minimum absolute atomic E-state index is 0.0883. The molecule has 1 aromatic rings. The molecule has 0 atom stereocenters. The zero-order valence-electron chi connectivity index (χ0n) is 14.1. The number of fused-ring (bicyclic) bond motifs is 1. The number of carbonyl (C=O) groups excluding carboxylic acids is 1. The van der Waals surface area contributed by atoms with E-state index in [0.717, 1.165) is 32.1 Å². The first-order valence-corrected chi connectivity index (χ1v) is 8.44. The number of rotatable bonds is 2. The maximum absolute atomic E-state index is 12.3. The Balaban J connectivity index is 1.89. The Morgan fingerprint density at radius 1 is 1.16 bits per heavy atom. The van der Waals surface area contributed by atoms with E-state index in [9.17, 15) is 4.79 Å². The average molecular weight is 343 g/mol. The molecule has 0 amide bonds. The van der Waals surface area contributed by atoms with E-state index in [-0.39, 0.29) is 24.5 Å². The fourth-order valence-corrected chi connectivity index (χ4v) is 3.87. The van der Waals surface area contributed by atoms with Crippen LogP contribution in [0.1, 0.15) is 49.4 Å². The molecule has 0 aromatic heterocycles. The maximum Gasteiger partial charge on any atom is 0.231 e. The highest BCUT2D eigenvalue weighted by atomic mass is 16.7. The quantitative estimate of drug-likeness (QED) is 0.790. The molecular formula is C17H21N5O3. The summed E-state index contributed by atoms with van der Waals surface area (Å²) in [5.41, 5.74) is 12.7. The van der Waals surface area contributed by atoms with Crippen molar-refractivity contribution in [3.05, 3.63) is 17.7 Å². The standard InChI is InChI=1S/C17H21N5O3/c1-10(23)11-7-13-14(25-9-24-13)8-12(11)22-16(19)20-15(18)21-17(22)5-3-2-4-6-17/h7-8H,2-6,9H2,1H3,(H4,18,19,20,21). The summed E-state index contributed by atoms with van der Waals surface area (Å²) in [7, 11) is 0. The minimum atomic E-state index is -0.605. The molecule has 132 valence electrons. The van der Waals surface area contributed by atoms with Crippen molar-refractivity contribution in [2.45, 2.75) is 44.7 Å². The normalized spacial score (nSPS) is 21.1. The lowest BCUT2D eigenvalue weighted by Crippen LogP contribution is -2.58. The lowest BCUT2D eigenvalue weighted by molar-refractivity contribution is 0.101. The molecule has 1 saturated carbocycles. The van der Waals surface area contributed by atoms with Crippen molar-refractivity contribution >= 4 is 23.4 Å². The number of anilines is 1. The smallest absolute Gasteiger partial charge is 0.231 e. The van der Waals surface area contributed by atoms with E-state index in [1.54, 1.807) is 12.1 Å². The van der Waals surface area contributed by atoms with E-state index < -0.39 is 5.66 Å². The van der Waals surface area contributed by atoms with Crippen LogP contribution in [0.25, 0.3) is 0 Å². The molecule has 1 aliphatic carbocycles. The Kier molecular flexibility index (Phi) is 3.55. The molecule has 8 nitrogen and oxygen atoms in total. The second kappa shape index (κ2) is 5.65. The van der Waals surface area contributed by atoms with Gasteiger partial charge in [0.05, 0.1) is 5.69 Å². The second-order valence-corrected chi connectivity index (χ2v) is 6.60. The third-order valence-corrected chi connectivity index (χ3v) is 4.96. The molecule has 3 aliphatic rings. The van der Waals surface area contributed by atoms with Crippen molar-refractivity contribution in [1.29, 1.82) is 0 Å². The minimum Gasteiger partial charge on any atom is -0.454 e. The SMILES string of the molecule is CC(=O)c1cc2c(cc1N1C(N)=NC(N)=NC13CCCCC3)OCO2. The maximum atomic E-state index is 12.3. The zero-order chi connectivity index (χ0) is 17.6. The van der Waals surface area contributed by atoms with E-state index in [2.05, 4.69) is 9.98 Å². The summed E-state index contributed by atoms with van der Waals surface area (Å²) in [6.07, 6.45) is 4.77. The number of nitrogens with two attached hydrogens (primary N) is 2. The Labute approximate surface area is 145 Å². The Hall–Kier alpha value is -2.77. The number of guanidine groups is 2. The van der Waals surface area contributed by atoms with Gasteiger partial charge < -0.3 is 20.9 Å². The number of ether oxygens (including phenoxy) is 2. The summed E-state index contributed by atoms with van der Waals surface area (Å²) < 4.78 is 10.9. The number of hydrogen-bond acceptors (Lipinski definition) is 8. The molecular weight excluding hydrogens is 322 g/mol. The summed E-state index contributed by atoms with van der Waals surface area (Å²) in [4.78, 5) is 22.9. The molecule has 1 fully saturated rings. The molecule has 2 aliphatic heterocycles. The Bertz CT molecular complexity index is 796. The molecule has 25 heavy (non-hydrogen) atoms. The van der Waals surface area contributed by atoms with Crippen molar-refractivity contribution in [3.8, 4) is 11.5 Å². The summed E-state index contributed by atoms with van der Waals surface area (Å²) in [5.74, 6) is 1.48. The number of ketones is 1. The Morgan fingerprint density at radius 2 is 1.84 bits per heavy atom. The van der Waals surface area contributed by atoms with E-state index >= 15 is 0 Å². The lowest BCUT2D eigenvalue weighted by Gasteiger charge is -2.46.